The van der Waals surface area contributed by atoms with Gasteiger partial charge in [-0.05, 0) is 25.5 Å². The van der Waals surface area contributed by atoms with Gasteiger partial charge in [-0.15, -0.1) is 0 Å². The van der Waals surface area contributed by atoms with Crippen LogP contribution in [0.3, 0.4) is 0 Å². The third kappa shape index (κ3) is 3.25. The minimum Gasteiger partial charge on any atom is -0.370 e. The summed E-state index contributed by atoms with van der Waals surface area (Å²) >= 11 is 1.57. The van der Waals surface area contributed by atoms with Crippen LogP contribution in [0, 0.1) is 5.92 Å². The fourth-order valence-electron chi connectivity index (χ4n) is 1.93. The predicted molar refractivity (Wildman–Crippen MR) is 73.8 cm³/mol. The monoisotopic (exact) mass is 252 g/mol. The standard InChI is InChI=1S/C12H20N4S/c1-4-8-6-9(8)14-11-7-10(13-5-2)15-12(16-11)17-3/h7-9H,4-6H2,1-3H3,(H2,13,14,15,16). The Balaban J connectivity index is 2.07. The molecular formula is C12H20N4S. The van der Waals surface area contributed by atoms with Crippen LogP contribution in [0.2, 0.25) is 0 Å². The first kappa shape index (κ1) is 12.5. The Kier molecular flexibility index (Phi) is 4.10. The summed E-state index contributed by atoms with van der Waals surface area (Å²) in [6.45, 7) is 5.19. The lowest BCUT2D eigenvalue weighted by Gasteiger charge is -2.09. The van der Waals surface area contributed by atoms with E-state index < -0.39 is 0 Å². The van der Waals surface area contributed by atoms with Crippen molar-refractivity contribution in [2.75, 3.05) is 23.4 Å². The van der Waals surface area contributed by atoms with Crippen molar-refractivity contribution in [1.82, 2.24) is 9.97 Å². The summed E-state index contributed by atoms with van der Waals surface area (Å²) in [5, 5.41) is 7.54. The minimum atomic E-state index is 0.610. The molecule has 2 rings (SSSR count). The van der Waals surface area contributed by atoms with Gasteiger partial charge in [0.15, 0.2) is 5.16 Å². The number of thioether (sulfide) groups is 1. The third-order valence-electron chi connectivity index (χ3n) is 3.03. The van der Waals surface area contributed by atoms with Gasteiger partial charge in [0.05, 0.1) is 0 Å². The normalized spacial score (nSPS) is 22.3. The van der Waals surface area contributed by atoms with Gasteiger partial charge < -0.3 is 10.6 Å². The summed E-state index contributed by atoms with van der Waals surface area (Å²) in [7, 11) is 0. The summed E-state index contributed by atoms with van der Waals surface area (Å²) in [6.07, 6.45) is 4.52. The molecule has 0 radical (unpaired) electrons. The highest BCUT2D eigenvalue weighted by Gasteiger charge is 2.35. The highest BCUT2D eigenvalue weighted by atomic mass is 32.2. The van der Waals surface area contributed by atoms with E-state index in [1.54, 1.807) is 11.8 Å². The van der Waals surface area contributed by atoms with Gasteiger partial charge in [0.25, 0.3) is 0 Å². The van der Waals surface area contributed by atoms with Crippen molar-refractivity contribution < 1.29 is 0 Å². The number of nitrogens with one attached hydrogen (secondary N) is 2. The van der Waals surface area contributed by atoms with E-state index in [-0.39, 0.29) is 0 Å². The van der Waals surface area contributed by atoms with Crippen LogP contribution in [0.15, 0.2) is 11.2 Å². The number of hydrogen-bond acceptors (Lipinski definition) is 5. The quantitative estimate of drug-likeness (QED) is 0.602. The first-order valence-corrected chi connectivity index (χ1v) is 7.42. The lowest BCUT2D eigenvalue weighted by molar-refractivity contribution is 0.772. The molecule has 0 amide bonds. The van der Waals surface area contributed by atoms with Crippen molar-refractivity contribution in [2.45, 2.75) is 37.9 Å². The molecule has 1 heterocycles. The van der Waals surface area contributed by atoms with Gasteiger partial charge in [0, 0.05) is 18.7 Å². The topological polar surface area (TPSA) is 49.8 Å². The number of anilines is 2. The molecule has 0 bridgehead atoms. The Morgan fingerprint density at radius 2 is 2.12 bits per heavy atom. The van der Waals surface area contributed by atoms with Crippen LogP contribution < -0.4 is 10.6 Å². The molecule has 0 saturated heterocycles. The van der Waals surface area contributed by atoms with E-state index in [9.17, 15) is 0 Å². The van der Waals surface area contributed by atoms with Gasteiger partial charge in [-0.3, -0.25) is 0 Å². The second-order valence-electron chi connectivity index (χ2n) is 4.31. The maximum Gasteiger partial charge on any atom is 0.191 e. The predicted octanol–water partition coefficient (Wildman–Crippen LogP) is 2.84. The van der Waals surface area contributed by atoms with Crippen molar-refractivity contribution >= 4 is 23.4 Å². The van der Waals surface area contributed by atoms with E-state index in [0.29, 0.717) is 6.04 Å². The Labute approximate surface area is 107 Å². The summed E-state index contributed by atoms with van der Waals surface area (Å²) in [6, 6.07) is 2.60. The largest absolute Gasteiger partial charge is 0.370 e. The Hall–Kier alpha value is -0.970. The first-order valence-electron chi connectivity index (χ1n) is 6.20. The average Bonchev–Trinajstić information content (AvgIpc) is 3.07. The molecule has 4 nitrogen and oxygen atoms in total. The zero-order valence-corrected chi connectivity index (χ0v) is 11.5. The molecule has 0 aliphatic heterocycles. The first-order chi connectivity index (χ1) is 8.26. The van der Waals surface area contributed by atoms with Crippen molar-refractivity contribution in [1.29, 1.82) is 0 Å². The fraction of sp³-hybridized carbons (Fsp3) is 0.667. The molecule has 2 atom stereocenters. The van der Waals surface area contributed by atoms with Crippen LogP contribution in [0.4, 0.5) is 11.6 Å². The molecule has 5 heteroatoms. The van der Waals surface area contributed by atoms with E-state index >= 15 is 0 Å². The van der Waals surface area contributed by atoms with Crippen molar-refractivity contribution in [2.24, 2.45) is 5.92 Å². The SMILES string of the molecule is CCNc1cc(NC2CC2CC)nc(SC)n1. The Morgan fingerprint density at radius 1 is 1.35 bits per heavy atom. The van der Waals surface area contributed by atoms with Gasteiger partial charge in [0.1, 0.15) is 11.6 Å². The Bertz CT molecular complexity index is 383. The maximum absolute atomic E-state index is 4.48. The van der Waals surface area contributed by atoms with Crippen LogP contribution >= 0.6 is 11.8 Å². The number of hydrogen-bond donors (Lipinski definition) is 2. The summed E-state index contributed by atoms with van der Waals surface area (Å²) in [5.41, 5.74) is 0. The van der Waals surface area contributed by atoms with E-state index in [2.05, 4.69) is 34.4 Å². The number of aromatic nitrogens is 2. The number of nitrogens with zero attached hydrogens (tertiary/aromatic N) is 2. The van der Waals surface area contributed by atoms with Crippen LogP contribution in [-0.4, -0.2) is 28.8 Å². The molecular weight excluding hydrogens is 232 g/mol. The van der Waals surface area contributed by atoms with Crippen LogP contribution in [0.25, 0.3) is 0 Å². The highest BCUT2D eigenvalue weighted by molar-refractivity contribution is 7.98. The minimum absolute atomic E-state index is 0.610. The summed E-state index contributed by atoms with van der Waals surface area (Å²) < 4.78 is 0. The number of rotatable bonds is 6. The average molecular weight is 252 g/mol. The van der Waals surface area contributed by atoms with Crippen molar-refractivity contribution in [3.05, 3.63) is 6.07 Å². The van der Waals surface area contributed by atoms with E-state index in [0.717, 1.165) is 29.3 Å². The molecule has 2 unspecified atom stereocenters. The van der Waals surface area contributed by atoms with E-state index in [1.165, 1.54) is 12.8 Å². The van der Waals surface area contributed by atoms with Gasteiger partial charge in [-0.2, -0.15) is 0 Å². The molecule has 1 aromatic heterocycles. The second kappa shape index (κ2) is 5.58. The zero-order valence-electron chi connectivity index (χ0n) is 10.7. The fourth-order valence-corrected chi connectivity index (χ4v) is 2.31. The van der Waals surface area contributed by atoms with E-state index in [4.69, 9.17) is 0 Å². The molecule has 1 aliphatic carbocycles. The van der Waals surface area contributed by atoms with Gasteiger partial charge in [-0.1, -0.05) is 25.1 Å². The van der Waals surface area contributed by atoms with E-state index in [1.807, 2.05) is 12.3 Å². The second-order valence-corrected chi connectivity index (χ2v) is 5.08. The van der Waals surface area contributed by atoms with Crippen molar-refractivity contribution in [3.8, 4) is 0 Å². The lowest BCUT2D eigenvalue weighted by atomic mass is 10.3. The smallest absolute Gasteiger partial charge is 0.191 e. The molecule has 94 valence electrons. The molecule has 1 aliphatic rings. The molecule has 1 fully saturated rings. The van der Waals surface area contributed by atoms with Crippen LogP contribution in [-0.2, 0) is 0 Å². The molecule has 0 aromatic carbocycles. The molecule has 17 heavy (non-hydrogen) atoms. The lowest BCUT2D eigenvalue weighted by Crippen LogP contribution is -2.09. The maximum atomic E-state index is 4.48. The summed E-state index contributed by atoms with van der Waals surface area (Å²) in [4.78, 5) is 8.89. The molecule has 1 saturated carbocycles. The van der Waals surface area contributed by atoms with Gasteiger partial charge >= 0.3 is 0 Å². The van der Waals surface area contributed by atoms with Crippen molar-refractivity contribution in [3.63, 3.8) is 0 Å². The molecule has 2 N–H and O–H groups in total. The zero-order chi connectivity index (χ0) is 12.3. The van der Waals surface area contributed by atoms with Crippen LogP contribution in [0.5, 0.6) is 0 Å². The summed E-state index contributed by atoms with van der Waals surface area (Å²) in [5.74, 6) is 2.68. The molecule has 1 aromatic rings. The third-order valence-corrected chi connectivity index (χ3v) is 3.57. The van der Waals surface area contributed by atoms with Gasteiger partial charge in [0.2, 0.25) is 0 Å². The van der Waals surface area contributed by atoms with Crippen LogP contribution in [0.1, 0.15) is 26.7 Å². The Morgan fingerprint density at radius 3 is 2.71 bits per heavy atom. The highest BCUT2D eigenvalue weighted by Crippen LogP contribution is 2.36. The molecule has 0 spiro atoms. The van der Waals surface area contributed by atoms with Gasteiger partial charge in [-0.25, -0.2) is 9.97 Å².